The molecule has 2 aromatic carbocycles. The maximum atomic E-state index is 13.4. The Kier molecular flexibility index (Phi) is 7.50. The lowest BCUT2D eigenvalue weighted by molar-refractivity contribution is -0.146. The number of unbranched alkanes of at least 4 members (excludes halogenated alkanes) is 1. The molecule has 1 atom stereocenters. The molecule has 182 valence electrons. The third kappa shape index (κ3) is 4.80. The number of ether oxygens (including phenoxy) is 1. The molecule has 4 aromatic rings. The van der Waals surface area contributed by atoms with Gasteiger partial charge < -0.3 is 9.30 Å². The molecule has 0 radical (unpaired) electrons. The van der Waals surface area contributed by atoms with E-state index in [9.17, 15) is 9.59 Å². The lowest BCUT2D eigenvalue weighted by atomic mass is 10.1. The number of aromatic nitrogens is 3. The molecule has 0 aliphatic carbocycles. The first-order valence-electron chi connectivity index (χ1n) is 11.9. The molecule has 35 heavy (non-hydrogen) atoms. The van der Waals surface area contributed by atoms with Crippen LogP contribution in [0.2, 0.25) is 0 Å². The highest BCUT2D eigenvalue weighted by Gasteiger charge is 2.23. The average Bonchev–Trinajstić information content (AvgIpc) is 3.13. The number of esters is 1. The fourth-order valence-corrected chi connectivity index (χ4v) is 4.73. The molecule has 0 aliphatic heterocycles. The molecule has 0 amide bonds. The summed E-state index contributed by atoms with van der Waals surface area (Å²) in [6.07, 6.45) is 4.24. The van der Waals surface area contributed by atoms with E-state index >= 15 is 0 Å². The van der Waals surface area contributed by atoms with E-state index in [-0.39, 0.29) is 11.5 Å². The third-order valence-corrected chi connectivity index (χ3v) is 6.64. The zero-order chi connectivity index (χ0) is 25.1. The molecule has 0 aliphatic rings. The molecule has 0 N–H and O–H groups in total. The van der Waals surface area contributed by atoms with Gasteiger partial charge in [0.25, 0.3) is 5.56 Å². The van der Waals surface area contributed by atoms with Crippen LogP contribution in [0.15, 0.2) is 56.8 Å². The Bertz CT molecular complexity index is 1490. The van der Waals surface area contributed by atoms with Crippen molar-refractivity contribution >= 4 is 49.9 Å². The first-order chi connectivity index (χ1) is 16.9. The van der Waals surface area contributed by atoms with Crippen molar-refractivity contribution < 1.29 is 9.53 Å². The van der Waals surface area contributed by atoms with E-state index in [0.717, 1.165) is 39.5 Å². The van der Waals surface area contributed by atoms with E-state index in [1.165, 1.54) is 4.68 Å². The van der Waals surface area contributed by atoms with Crippen LogP contribution in [0.25, 0.3) is 21.8 Å². The van der Waals surface area contributed by atoms with Gasteiger partial charge in [-0.15, -0.1) is 0 Å². The number of nitrogens with zero attached hydrogens (tertiary/aromatic N) is 4. The Morgan fingerprint density at radius 3 is 2.71 bits per heavy atom. The molecule has 7 nitrogen and oxygen atoms in total. The standard InChI is InChI=1S/C27H29BrN4O3/c1-5-7-12-25-30-23-14-13-19(28)15-21(23)26(33)32(25)29-16-22-17(3)31(18(4)27(34)35-6-2)24-11-9-8-10-20(22)24/h8-11,13-16,18H,5-7,12H2,1-4H3/t18-/m0/s1. The highest BCUT2D eigenvalue weighted by Crippen LogP contribution is 2.28. The second-order valence-electron chi connectivity index (χ2n) is 8.47. The van der Waals surface area contributed by atoms with Crippen molar-refractivity contribution in [2.75, 3.05) is 6.61 Å². The molecule has 8 heteroatoms. The van der Waals surface area contributed by atoms with Gasteiger partial charge in [0.1, 0.15) is 11.9 Å². The second-order valence-corrected chi connectivity index (χ2v) is 9.38. The Morgan fingerprint density at radius 1 is 1.20 bits per heavy atom. The minimum Gasteiger partial charge on any atom is -0.464 e. The molecule has 0 unspecified atom stereocenters. The molecule has 0 saturated carbocycles. The van der Waals surface area contributed by atoms with Gasteiger partial charge in [0.2, 0.25) is 0 Å². The normalized spacial score (nSPS) is 12.6. The van der Waals surface area contributed by atoms with Crippen LogP contribution in [0, 0.1) is 6.92 Å². The molecular weight excluding hydrogens is 508 g/mol. The van der Waals surface area contributed by atoms with E-state index in [1.54, 1.807) is 19.2 Å². The average molecular weight is 537 g/mol. The van der Waals surface area contributed by atoms with E-state index in [0.29, 0.717) is 29.8 Å². The van der Waals surface area contributed by atoms with Gasteiger partial charge in [-0.2, -0.15) is 9.78 Å². The van der Waals surface area contributed by atoms with Crippen molar-refractivity contribution in [3.8, 4) is 0 Å². The number of hydrogen-bond acceptors (Lipinski definition) is 5. The van der Waals surface area contributed by atoms with Crippen molar-refractivity contribution in [3.05, 3.63) is 74.4 Å². The van der Waals surface area contributed by atoms with Crippen molar-refractivity contribution in [3.63, 3.8) is 0 Å². The number of carbonyl (C=O) groups is 1. The fourth-order valence-electron chi connectivity index (χ4n) is 4.37. The minimum absolute atomic E-state index is 0.208. The number of halogens is 1. The molecule has 0 saturated heterocycles. The van der Waals surface area contributed by atoms with Crippen molar-refractivity contribution in [1.82, 2.24) is 14.2 Å². The number of hydrogen-bond donors (Lipinski definition) is 0. The Labute approximate surface area is 212 Å². The molecule has 2 aromatic heterocycles. The monoisotopic (exact) mass is 536 g/mol. The zero-order valence-electron chi connectivity index (χ0n) is 20.4. The number of para-hydroxylation sites is 1. The van der Waals surface area contributed by atoms with Gasteiger partial charge in [-0.05, 0) is 51.5 Å². The quantitative estimate of drug-likeness (QED) is 0.211. The Hall–Kier alpha value is -3.26. The van der Waals surface area contributed by atoms with Crippen LogP contribution in [0.5, 0.6) is 0 Å². The first kappa shape index (κ1) is 24.9. The number of fused-ring (bicyclic) bond motifs is 2. The number of rotatable bonds is 8. The number of aryl methyl sites for hydroxylation is 1. The number of carbonyl (C=O) groups excluding carboxylic acids is 1. The topological polar surface area (TPSA) is 78.5 Å². The molecule has 0 bridgehead atoms. The van der Waals surface area contributed by atoms with E-state index < -0.39 is 6.04 Å². The largest absolute Gasteiger partial charge is 0.464 e. The molecule has 0 spiro atoms. The first-order valence-corrected chi connectivity index (χ1v) is 12.7. The van der Waals surface area contributed by atoms with Crippen LogP contribution < -0.4 is 5.56 Å². The van der Waals surface area contributed by atoms with Gasteiger partial charge in [0, 0.05) is 33.1 Å². The van der Waals surface area contributed by atoms with Gasteiger partial charge in [-0.1, -0.05) is 47.5 Å². The highest BCUT2D eigenvalue weighted by atomic mass is 79.9. The second kappa shape index (κ2) is 10.6. The lowest BCUT2D eigenvalue weighted by Crippen LogP contribution is -2.22. The van der Waals surface area contributed by atoms with Gasteiger partial charge in [0.15, 0.2) is 0 Å². The summed E-state index contributed by atoms with van der Waals surface area (Å²) in [7, 11) is 0. The predicted molar refractivity (Wildman–Crippen MR) is 143 cm³/mol. The van der Waals surface area contributed by atoms with E-state index in [1.807, 2.05) is 54.8 Å². The molecule has 0 fully saturated rings. The summed E-state index contributed by atoms with van der Waals surface area (Å²) in [4.78, 5) is 30.7. The van der Waals surface area contributed by atoms with Crippen LogP contribution >= 0.6 is 15.9 Å². The van der Waals surface area contributed by atoms with Gasteiger partial charge in [-0.25, -0.2) is 9.78 Å². The summed E-state index contributed by atoms with van der Waals surface area (Å²) < 4.78 is 9.45. The maximum absolute atomic E-state index is 13.4. The maximum Gasteiger partial charge on any atom is 0.328 e. The highest BCUT2D eigenvalue weighted by molar-refractivity contribution is 9.10. The van der Waals surface area contributed by atoms with Gasteiger partial charge in [-0.3, -0.25) is 4.79 Å². The Balaban J connectivity index is 1.88. The van der Waals surface area contributed by atoms with Gasteiger partial charge >= 0.3 is 5.97 Å². The summed E-state index contributed by atoms with van der Waals surface area (Å²) in [5.41, 5.74) is 3.08. The summed E-state index contributed by atoms with van der Waals surface area (Å²) in [5, 5.41) is 6.10. The van der Waals surface area contributed by atoms with E-state index in [2.05, 4.69) is 28.0 Å². The summed E-state index contributed by atoms with van der Waals surface area (Å²) in [6, 6.07) is 12.9. The van der Waals surface area contributed by atoms with Crippen LogP contribution in [-0.2, 0) is 16.0 Å². The summed E-state index contributed by atoms with van der Waals surface area (Å²) in [6.45, 7) is 8.01. The SMILES string of the molecule is CCCCc1nc2ccc(Br)cc2c(=O)n1N=Cc1c(C)n([C@@H](C)C(=O)OCC)c2ccccc12. The lowest BCUT2D eigenvalue weighted by Gasteiger charge is -2.16. The minimum atomic E-state index is -0.496. The molecule has 4 rings (SSSR count). The predicted octanol–water partition coefficient (Wildman–Crippen LogP) is 5.77. The summed E-state index contributed by atoms with van der Waals surface area (Å²) >= 11 is 3.45. The number of benzene rings is 2. The fraction of sp³-hybridized carbons (Fsp3) is 0.333. The van der Waals surface area contributed by atoms with Crippen LogP contribution in [0.1, 0.15) is 56.7 Å². The third-order valence-electron chi connectivity index (χ3n) is 6.15. The zero-order valence-corrected chi connectivity index (χ0v) is 22.0. The Morgan fingerprint density at radius 2 is 1.97 bits per heavy atom. The van der Waals surface area contributed by atoms with Crippen LogP contribution in [-0.4, -0.2) is 33.0 Å². The van der Waals surface area contributed by atoms with E-state index in [4.69, 9.17) is 9.72 Å². The van der Waals surface area contributed by atoms with Crippen LogP contribution in [0.3, 0.4) is 0 Å². The van der Waals surface area contributed by atoms with Crippen molar-refractivity contribution in [1.29, 1.82) is 0 Å². The summed E-state index contributed by atoms with van der Waals surface area (Å²) in [5.74, 6) is 0.339. The molecular formula is C27H29BrN4O3. The van der Waals surface area contributed by atoms with Crippen molar-refractivity contribution in [2.24, 2.45) is 5.10 Å². The van der Waals surface area contributed by atoms with Crippen molar-refractivity contribution in [2.45, 2.75) is 53.0 Å². The van der Waals surface area contributed by atoms with Gasteiger partial charge in [0.05, 0.1) is 23.7 Å². The smallest absolute Gasteiger partial charge is 0.328 e. The molecule has 2 heterocycles. The van der Waals surface area contributed by atoms with Crippen LogP contribution in [0.4, 0.5) is 0 Å².